The lowest BCUT2D eigenvalue weighted by atomic mass is 9.74. The SMILES string of the molecule is Cc1ncnc2c1ccn2[C@@H]1C[C@]2(CC[C@@H](c3ccccc3)NC2)[C@@H](O)[C@H]1O. The van der Waals surface area contributed by atoms with Crippen LogP contribution in [0.4, 0.5) is 0 Å². The van der Waals surface area contributed by atoms with E-state index in [1.54, 1.807) is 6.33 Å². The fourth-order valence-electron chi connectivity index (χ4n) is 5.20. The molecule has 1 saturated carbocycles. The standard InChI is InChI=1S/C22H26N4O2/c1-14-16-8-10-26(21(16)25-13-24-14)18-11-22(20(28)19(18)27)9-7-17(23-12-22)15-5-3-2-4-6-15/h2-6,8,10,13,17-20,23,27-28H,7,9,11-12H2,1H3/t17-,18+,19-,20-,22-/m0/s1. The van der Waals surface area contributed by atoms with Crippen molar-refractivity contribution in [1.29, 1.82) is 0 Å². The number of piperidine rings is 1. The molecule has 1 saturated heterocycles. The topological polar surface area (TPSA) is 83.2 Å². The van der Waals surface area contributed by atoms with Crippen LogP contribution in [0.1, 0.15) is 42.6 Å². The van der Waals surface area contributed by atoms with E-state index in [1.165, 1.54) is 5.56 Å². The molecule has 3 aromatic rings. The van der Waals surface area contributed by atoms with Gasteiger partial charge in [-0.1, -0.05) is 30.3 Å². The third kappa shape index (κ3) is 2.67. The summed E-state index contributed by atoms with van der Waals surface area (Å²) in [5.41, 5.74) is 2.72. The Morgan fingerprint density at radius 2 is 1.96 bits per heavy atom. The number of benzene rings is 1. The molecule has 5 rings (SSSR count). The lowest BCUT2D eigenvalue weighted by Gasteiger charge is -2.40. The summed E-state index contributed by atoms with van der Waals surface area (Å²) in [5, 5.41) is 26.5. The van der Waals surface area contributed by atoms with Crippen LogP contribution in [-0.2, 0) is 0 Å². The van der Waals surface area contributed by atoms with Crippen molar-refractivity contribution in [1.82, 2.24) is 19.9 Å². The van der Waals surface area contributed by atoms with Crippen molar-refractivity contribution in [3.63, 3.8) is 0 Å². The van der Waals surface area contributed by atoms with Gasteiger partial charge in [-0.05, 0) is 37.8 Å². The summed E-state index contributed by atoms with van der Waals surface area (Å²) in [6.45, 7) is 2.67. The van der Waals surface area contributed by atoms with Gasteiger partial charge in [-0.3, -0.25) is 0 Å². The number of hydrogen-bond donors (Lipinski definition) is 3. The predicted octanol–water partition coefficient (Wildman–Crippen LogP) is 2.52. The van der Waals surface area contributed by atoms with E-state index in [4.69, 9.17) is 0 Å². The molecule has 2 aliphatic rings. The zero-order chi connectivity index (χ0) is 19.3. The molecule has 2 aromatic heterocycles. The molecule has 0 unspecified atom stereocenters. The predicted molar refractivity (Wildman–Crippen MR) is 107 cm³/mol. The maximum Gasteiger partial charge on any atom is 0.143 e. The number of aliphatic hydroxyl groups excluding tert-OH is 2. The molecule has 6 heteroatoms. The maximum atomic E-state index is 11.0. The molecule has 0 bridgehead atoms. The number of fused-ring (bicyclic) bond motifs is 1. The molecule has 3 N–H and O–H groups in total. The van der Waals surface area contributed by atoms with Gasteiger partial charge in [0.1, 0.15) is 18.1 Å². The zero-order valence-electron chi connectivity index (χ0n) is 16.0. The summed E-state index contributed by atoms with van der Waals surface area (Å²) >= 11 is 0. The van der Waals surface area contributed by atoms with Gasteiger partial charge in [0.25, 0.3) is 0 Å². The lowest BCUT2D eigenvalue weighted by Crippen LogP contribution is -2.48. The normalized spacial score (nSPS) is 33.0. The van der Waals surface area contributed by atoms with Crippen LogP contribution in [0.5, 0.6) is 0 Å². The molecule has 28 heavy (non-hydrogen) atoms. The maximum absolute atomic E-state index is 11.0. The highest BCUT2D eigenvalue weighted by molar-refractivity contribution is 5.78. The van der Waals surface area contributed by atoms with Crippen molar-refractivity contribution in [2.24, 2.45) is 5.41 Å². The van der Waals surface area contributed by atoms with Gasteiger partial charge < -0.3 is 20.1 Å². The summed E-state index contributed by atoms with van der Waals surface area (Å²) in [6, 6.07) is 12.6. The van der Waals surface area contributed by atoms with E-state index in [-0.39, 0.29) is 11.5 Å². The number of nitrogens with zero attached hydrogens (tertiary/aromatic N) is 3. The van der Waals surface area contributed by atoms with Crippen molar-refractivity contribution < 1.29 is 10.2 Å². The molecule has 1 aliphatic carbocycles. The van der Waals surface area contributed by atoms with Crippen LogP contribution in [0.15, 0.2) is 48.9 Å². The van der Waals surface area contributed by atoms with E-state index >= 15 is 0 Å². The Kier molecular flexibility index (Phi) is 4.23. The summed E-state index contributed by atoms with van der Waals surface area (Å²) in [4.78, 5) is 8.69. The van der Waals surface area contributed by atoms with E-state index in [0.29, 0.717) is 12.6 Å². The quantitative estimate of drug-likeness (QED) is 0.638. The second-order valence-electron chi connectivity index (χ2n) is 8.37. The average Bonchev–Trinajstić information content (AvgIpc) is 3.26. The van der Waals surface area contributed by atoms with Crippen molar-refractivity contribution in [2.75, 3.05) is 6.54 Å². The van der Waals surface area contributed by atoms with Crippen LogP contribution in [0.25, 0.3) is 11.0 Å². The van der Waals surface area contributed by atoms with E-state index in [0.717, 1.165) is 36.0 Å². The van der Waals surface area contributed by atoms with Crippen LogP contribution in [-0.4, -0.2) is 43.5 Å². The zero-order valence-corrected chi connectivity index (χ0v) is 16.0. The van der Waals surface area contributed by atoms with Crippen molar-refractivity contribution in [3.8, 4) is 0 Å². The second kappa shape index (κ2) is 6.65. The van der Waals surface area contributed by atoms with Gasteiger partial charge in [0.2, 0.25) is 0 Å². The summed E-state index contributed by atoms with van der Waals surface area (Å²) in [6.07, 6.45) is 4.55. The van der Waals surface area contributed by atoms with Crippen LogP contribution in [0.3, 0.4) is 0 Å². The van der Waals surface area contributed by atoms with Crippen LogP contribution >= 0.6 is 0 Å². The fourth-order valence-corrected chi connectivity index (χ4v) is 5.20. The van der Waals surface area contributed by atoms with Crippen LogP contribution in [0.2, 0.25) is 0 Å². The minimum atomic E-state index is -0.805. The number of aryl methyl sites for hydroxylation is 1. The van der Waals surface area contributed by atoms with Crippen LogP contribution < -0.4 is 5.32 Å². The van der Waals surface area contributed by atoms with Gasteiger partial charge in [0, 0.05) is 29.6 Å². The molecule has 1 aromatic carbocycles. The Labute approximate surface area is 164 Å². The lowest BCUT2D eigenvalue weighted by molar-refractivity contribution is -0.0398. The number of rotatable bonds is 2. The monoisotopic (exact) mass is 378 g/mol. The number of aliphatic hydroxyl groups is 2. The molecular formula is C22H26N4O2. The molecule has 2 fully saturated rings. The molecule has 146 valence electrons. The Morgan fingerprint density at radius 3 is 2.71 bits per heavy atom. The third-order valence-corrected chi connectivity index (χ3v) is 6.86. The second-order valence-corrected chi connectivity index (χ2v) is 8.37. The van der Waals surface area contributed by atoms with Gasteiger partial charge in [-0.25, -0.2) is 9.97 Å². The first-order valence-corrected chi connectivity index (χ1v) is 10.0. The van der Waals surface area contributed by atoms with E-state index in [9.17, 15) is 10.2 Å². The minimum absolute atomic E-state index is 0.183. The number of aromatic nitrogens is 3. The number of nitrogens with one attached hydrogen (secondary N) is 1. The summed E-state index contributed by atoms with van der Waals surface area (Å²) < 4.78 is 2.02. The first kappa shape index (κ1) is 17.8. The summed E-state index contributed by atoms with van der Waals surface area (Å²) in [7, 11) is 0. The van der Waals surface area contributed by atoms with E-state index < -0.39 is 12.2 Å². The van der Waals surface area contributed by atoms with Gasteiger partial charge in [-0.15, -0.1) is 0 Å². The molecular weight excluding hydrogens is 352 g/mol. The van der Waals surface area contributed by atoms with Gasteiger partial charge in [0.15, 0.2) is 0 Å². The highest BCUT2D eigenvalue weighted by Gasteiger charge is 2.54. The molecule has 5 atom stereocenters. The fraction of sp³-hybridized carbons (Fsp3) is 0.455. The number of hydrogen-bond acceptors (Lipinski definition) is 5. The molecule has 0 radical (unpaired) electrons. The van der Waals surface area contributed by atoms with Crippen molar-refractivity contribution in [2.45, 2.75) is 50.5 Å². The summed E-state index contributed by atoms with van der Waals surface area (Å²) in [5.74, 6) is 0. The van der Waals surface area contributed by atoms with E-state index in [1.807, 2.05) is 29.8 Å². The van der Waals surface area contributed by atoms with Crippen molar-refractivity contribution in [3.05, 3.63) is 60.2 Å². The van der Waals surface area contributed by atoms with Gasteiger partial charge in [0.05, 0.1) is 17.8 Å². The van der Waals surface area contributed by atoms with Gasteiger partial charge in [-0.2, -0.15) is 0 Å². The largest absolute Gasteiger partial charge is 0.390 e. The Balaban J connectivity index is 1.40. The molecule has 6 nitrogen and oxygen atoms in total. The average molecular weight is 378 g/mol. The highest BCUT2D eigenvalue weighted by Crippen LogP contribution is 2.50. The third-order valence-electron chi connectivity index (χ3n) is 6.86. The minimum Gasteiger partial charge on any atom is -0.390 e. The first-order chi connectivity index (χ1) is 13.6. The molecule has 3 heterocycles. The molecule has 0 amide bonds. The molecule has 1 aliphatic heterocycles. The van der Waals surface area contributed by atoms with Crippen molar-refractivity contribution >= 4 is 11.0 Å². The Hall–Kier alpha value is -2.28. The Bertz CT molecular complexity index is 979. The van der Waals surface area contributed by atoms with E-state index in [2.05, 4.69) is 39.6 Å². The smallest absolute Gasteiger partial charge is 0.143 e. The van der Waals surface area contributed by atoms with Crippen LogP contribution in [0, 0.1) is 12.3 Å². The highest BCUT2D eigenvalue weighted by atomic mass is 16.3. The van der Waals surface area contributed by atoms with Gasteiger partial charge >= 0.3 is 0 Å². The Morgan fingerprint density at radius 1 is 1.14 bits per heavy atom. The first-order valence-electron chi connectivity index (χ1n) is 10.0. The molecule has 1 spiro atoms.